The fourth-order valence-electron chi connectivity index (χ4n) is 2.71. The standard InChI is InChI=1S/C15H13Br2NO/c16-12-7-3-1-5-10(12)9-15(17)11-6-2-4-8-13(11)18-14(15)19/h1-5,7-8,11H,6,9H2,(H,18,19). The van der Waals surface area contributed by atoms with Gasteiger partial charge in [-0.25, -0.2) is 0 Å². The van der Waals surface area contributed by atoms with Crippen LogP contribution in [0.3, 0.4) is 0 Å². The molecule has 4 heteroatoms. The number of amides is 1. The van der Waals surface area contributed by atoms with E-state index in [9.17, 15) is 4.79 Å². The Hall–Kier alpha value is -0.870. The molecule has 3 rings (SSSR count). The molecule has 1 heterocycles. The molecule has 1 N–H and O–H groups in total. The number of hydrogen-bond acceptors (Lipinski definition) is 1. The minimum Gasteiger partial charge on any atom is -0.328 e. The summed E-state index contributed by atoms with van der Waals surface area (Å²) >= 11 is 7.27. The van der Waals surface area contributed by atoms with Crippen molar-refractivity contribution in [3.8, 4) is 0 Å². The Bertz CT molecular complexity index is 594. The second-order valence-electron chi connectivity index (χ2n) is 4.92. The first-order valence-corrected chi connectivity index (χ1v) is 7.80. The van der Waals surface area contributed by atoms with Crippen molar-refractivity contribution in [2.45, 2.75) is 17.2 Å². The smallest absolute Gasteiger partial charge is 0.242 e. The zero-order valence-corrected chi connectivity index (χ0v) is 13.4. The second-order valence-corrected chi connectivity index (χ2v) is 7.19. The van der Waals surface area contributed by atoms with Crippen LogP contribution in [0.2, 0.25) is 0 Å². The number of carbonyl (C=O) groups excluding carboxylic acids is 1. The van der Waals surface area contributed by atoms with Gasteiger partial charge in [0, 0.05) is 16.1 Å². The molecule has 2 atom stereocenters. The topological polar surface area (TPSA) is 29.1 Å². The summed E-state index contributed by atoms with van der Waals surface area (Å²) in [5.41, 5.74) is 2.17. The van der Waals surface area contributed by atoms with Crippen molar-refractivity contribution < 1.29 is 4.79 Å². The Kier molecular flexibility index (Phi) is 3.39. The second kappa shape index (κ2) is 4.91. The Morgan fingerprint density at radius 1 is 1.37 bits per heavy atom. The third-order valence-corrected chi connectivity index (χ3v) is 5.72. The van der Waals surface area contributed by atoms with Crippen LogP contribution in [0.15, 0.2) is 52.7 Å². The third-order valence-electron chi connectivity index (χ3n) is 3.75. The minimum absolute atomic E-state index is 0.0585. The van der Waals surface area contributed by atoms with Gasteiger partial charge < -0.3 is 5.32 Å². The fraction of sp³-hybridized carbons (Fsp3) is 0.267. The highest BCUT2D eigenvalue weighted by atomic mass is 79.9. The lowest BCUT2D eigenvalue weighted by Crippen LogP contribution is -2.38. The molecule has 1 fully saturated rings. The van der Waals surface area contributed by atoms with E-state index in [1.165, 1.54) is 0 Å². The lowest BCUT2D eigenvalue weighted by Gasteiger charge is -2.27. The molecule has 1 aromatic carbocycles. The largest absolute Gasteiger partial charge is 0.328 e. The molecule has 19 heavy (non-hydrogen) atoms. The van der Waals surface area contributed by atoms with E-state index < -0.39 is 4.32 Å². The van der Waals surface area contributed by atoms with E-state index in [0.29, 0.717) is 6.42 Å². The SMILES string of the molecule is O=C1NC2=CC=CCC2C1(Br)Cc1ccccc1Br. The number of allylic oxidation sites excluding steroid dienone is 4. The molecule has 2 unspecified atom stereocenters. The number of halogens is 2. The van der Waals surface area contributed by atoms with E-state index in [2.05, 4.69) is 49.3 Å². The minimum atomic E-state index is -0.548. The van der Waals surface area contributed by atoms with Crippen LogP contribution in [-0.2, 0) is 11.2 Å². The molecule has 1 aliphatic heterocycles. The van der Waals surface area contributed by atoms with Crippen LogP contribution in [0.1, 0.15) is 12.0 Å². The predicted octanol–water partition coefficient (Wildman–Crippen LogP) is 3.72. The normalized spacial score (nSPS) is 28.8. The molecule has 98 valence electrons. The van der Waals surface area contributed by atoms with Crippen LogP contribution in [0.4, 0.5) is 0 Å². The van der Waals surface area contributed by atoms with Crippen LogP contribution in [-0.4, -0.2) is 10.2 Å². The van der Waals surface area contributed by atoms with Gasteiger partial charge in [-0.05, 0) is 30.5 Å². The van der Waals surface area contributed by atoms with Crippen molar-refractivity contribution in [1.29, 1.82) is 0 Å². The number of alkyl halides is 1. The van der Waals surface area contributed by atoms with Crippen LogP contribution in [0.5, 0.6) is 0 Å². The quantitative estimate of drug-likeness (QED) is 0.776. The van der Waals surface area contributed by atoms with E-state index in [1.54, 1.807) is 0 Å². The Morgan fingerprint density at radius 3 is 2.95 bits per heavy atom. The lowest BCUT2D eigenvalue weighted by molar-refractivity contribution is -0.121. The van der Waals surface area contributed by atoms with E-state index in [-0.39, 0.29) is 11.8 Å². The third kappa shape index (κ3) is 2.21. The molecule has 2 aliphatic rings. The fourth-order valence-corrected chi connectivity index (χ4v) is 3.97. The molecule has 1 saturated heterocycles. The van der Waals surface area contributed by atoms with Crippen molar-refractivity contribution in [1.82, 2.24) is 5.32 Å². The zero-order chi connectivity index (χ0) is 13.5. The summed E-state index contributed by atoms with van der Waals surface area (Å²) in [6.07, 6.45) is 7.68. The maximum atomic E-state index is 12.3. The Morgan fingerprint density at radius 2 is 2.16 bits per heavy atom. The molecule has 2 nitrogen and oxygen atoms in total. The van der Waals surface area contributed by atoms with Gasteiger partial charge in [-0.3, -0.25) is 4.79 Å². The molecule has 0 aromatic heterocycles. The first-order chi connectivity index (χ1) is 9.11. The molecule has 0 saturated carbocycles. The average molecular weight is 383 g/mol. The highest BCUT2D eigenvalue weighted by Gasteiger charge is 2.50. The van der Waals surface area contributed by atoms with Gasteiger partial charge in [0.25, 0.3) is 0 Å². The summed E-state index contributed by atoms with van der Waals surface area (Å²) in [5.74, 6) is 0.250. The van der Waals surface area contributed by atoms with Gasteiger partial charge in [0.15, 0.2) is 0 Å². The molecule has 1 aliphatic carbocycles. The molecule has 0 spiro atoms. The van der Waals surface area contributed by atoms with Crippen molar-refractivity contribution in [3.05, 3.63) is 58.2 Å². The van der Waals surface area contributed by atoms with Gasteiger partial charge in [-0.2, -0.15) is 0 Å². The number of hydrogen-bond donors (Lipinski definition) is 1. The summed E-state index contributed by atoms with van der Waals surface area (Å²) < 4.78 is 0.499. The van der Waals surface area contributed by atoms with Crippen LogP contribution >= 0.6 is 31.9 Å². The van der Waals surface area contributed by atoms with E-state index in [0.717, 1.165) is 22.2 Å². The zero-order valence-electron chi connectivity index (χ0n) is 10.2. The number of rotatable bonds is 2. The van der Waals surface area contributed by atoms with E-state index in [1.807, 2.05) is 30.4 Å². The van der Waals surface area contributed by atoms with Gasteiger partial charge in [-0.1, -0.05) is 62.2 Å². The predicted molar refractivity (Wildman–Crippen MR) is 83.0 cm³/mol. The summed E-state index contributed by atoms with van der Waals surface area (Å²) in [7, 11) is 0. The van der Waals surface area contributed by atoms with Gasteiger partial charge in [0.1, 0.15) is 4.32 Å². The van der Waals surface area contributed by atoms with Crippen molar-refractivity contribution in [3.63, 3.8) is 0 Å². The Balaban J connectivity index is 1.95. The highest BCUT2D eigenvalue weighted by Crippen LogP contribution is 2.44. The van der Waals surface area contributed by atoms with E-state index in [4.69, 9.17) is 0 Å². The first-order valence-electron chi connectivity index (χ1n) is 6.22. The number of carbonyl (C=O) groups is 1. The summed E-state index contributed by atoms with van der Waals surface area (Å²) in [5, 5.41) is 2.99. The molecular formula is C15H13Br2NO. The van der Waals surface area contributed by atoms with Gasteiger partial charge in [0.05, 0.1) is 0 Å². The highest BCUT2D eigenvalue weighted by molar-refractivity contribution is 9.10. The Labute approximate surface area is 129 Å². The van der Waals surface area contributed by atoms with Gasteiger partial charge in [-0.15, -0.1) is 0 Å². The molecule has 1 amide bonds. The monoisotopic (exact) mass is 381 g/mol. The van der Waals surface area contributed by atoms with Crippen LogP contribution in [0, 0.1) is 5.92 Å². The summed E-state index contributed by atoms with van der Waals surface area (Å²) in [4.78, 5) is 12.3. The van der Waals surface area contributed by atoms with Crippen LogP contribution < -0.4 is 5.32 Å². The molecule has 0 bridgehead atoms. The molecular weight excluding hydrogens is 370 g/mol. The summed E-state index contributed by atoms with van der Waals surface area (Å²) in [6.45, 7) is 0. The van der Waals surface area contributed by atoms with Crippen molar-refractivity contribution in [2.75, 3.05) is 0 Å². The van der Waals surface area contributed by atoms with Crippen molar-refractivity contribution >= 4 is 37.8 Å². The number of benzene rings is 1. The lowest BCUT2D eigenvalue weighted by atomic mass is 9.83. The van der Waals surface area contributed by atoms with Crippen LogP contribution in [0.25, 0.3) is 0 Å². The van der Waals surface area contributed by atoms with Gasteiger partial charge >= 0.3 is 0 Å². The van der Waals surface area contributed by atoms with E-state index >= 15 is 0 Å². The molecule has 0 radical (unpaired) electrons. The number of fused-ring (bicyclic) bond motifs is 1. The summed E-state index contributed by atoms with van der Waals surface area (Å²) in [6, 6.07) is 8.05. The maximum absolute atomic E-state index is 12.3. The maximum Gasteiger partial charge on any atom is 0.242 e. The molecule has 1 aromatic rings. The van der Waals surface area contributed by atoms with Crippen molar-refractivity contribution in [2.24, 2.45) is 5.92 Å². The van der Waals surface area contributed by atoms with Gasteiger partial charge in [0.2, 0.25) is 5.91 Å². The number of nitrogens with one attached hydrogen (secondary N) is 1. The first kappa shape index (κ1) is 13.1. The average Bonchev–Trinajstić information content (AvgIpc) is 2.65.